The largest absolute Gasteiger partial charge is 0.371 e. The number of rotatable bonds is 6. The number of hydrogen-bond acceptors (Lipinski definition) is 3. The predicted octanol–water partition coefficient (Wildman–Crippen LogP) is 8.97. The van der Waals surface area contributed by atoms with E-state index in [2.05, 4.69) is 23.2 Å². The summed E-state index contributed by atoms with van der Waals surface area (Å²) in [7, 11) is 0. The Kier molecular flexibility index (Phi) is 9.96. The fourth-order valence-corrected chi connectivity index (χ4v) is 6.23. The quantitative estimate of drug-likeness (QED) is 0.354. The Labute approximate surface area is 235 Å². The average molecular weight is 559 g/mol. The highest BCUT2D eigenvalue weighted by molar-refractivity contribution is 6.35. The molecule has 1 N–H and O–H groups in total. The SMILES string of the molecule is C[C@@H](NC1=C=CC(C2CCCC/C=C(\C(=O)[C@@H]3CCC(=O)C3)CCC2)=CC=C1Cl)c1ccc(Cl)cc1Cl. The molecule has 0 amide bonds. The van der Waals surface area contributed by atoms with E-state index in [1.165, 1.54) is 5.57 Å². The summed E-state index contributed by atoms with van der Waals surface area (Å²) in [4.78, 5) is 24.7. The lowest BCUT2D eigenvalue weighted by atomic mass is 9.84. The van der Waals surface area contributed by atoms with E-state index in [0.29, 0.717) is 40.3 Å². The Hall–Kier alpha value is -2.03. The van der Waals surface area contributed by atoms with Crippen molar-refractivity contribution in [2.75, 3.05) is 0 Å². The molecular formula is C31H34Cl3NO2. The second kappa shape index (κ2) is 13.2. The Morgan fingerprint density at radius 3 is 2.62 bits per heavy atom. The van der Waals surface area contributed by atoms with Crippen LogP contribution in [0.3, 0.4) is 0 Å². The second-order valence-corrected chi connectivity index (χ2v) is 11.6. The molecule has 4 rings (SSSR count). The first-order valence-electron chi connectivity index (χ1n) is 13.3. The van der Waals surface area contributed by atoms with Gasteiger partial charge < -0.3 is 5.32 Å². The molecule has 0 aromatic heterocycles. The maximum Gasteiger partial charge on any atom is 0.162 e. The van der Waals surface area contributed by atoms with E-state index in [4.69, 9.17) is 34.8 Å². The molecule has 0 radical (unpaired) electrons. The van der Waals surface area contributed by atoms with Gasteiger partial charge in [0.1, 0.15) is 5.78 Å². The van der Waals surface area contributed by atoms with Crippen LogP contribution in [0.15, 0.2) is 70.1 Å². The van der Waals surface area contributed by atoms with Crippen molar-refractivity contribution in [3.8, 4) is 0 Å². The van der Waals surface area contributed by atoms with Crippen LogP contribution in [0.1, 0.15) is 82.7 Å². The van der Waals surface area contributed by atoms with Crippen molar-refractivity contribution >= 4 is 46.4 Å². The van der Waals surface area contributed by atoms with E-state index in [-0.39, 0.29) is 23.5 Å². The predicted molar refractivity (Wildman–Crippen MR) is 153 cm³/mol. The molecule has 3 atom stereocenters. The monoisotopic (exact) mass is 557 g/mol. The maximum absolute atomic E-state index is 13.0. The number of halogens is 3. The summed E-state index contributed by atoms with van der Waals surface area (Å²) in [6.45, 7) is 2.03. The molecule has 0 bridgehead atoms. The number of Topliss-reactive ketones (excluding diaryl/α,β-unsaturated/α-hetero) is 2. The number of benzene rings is 1. The van der Waals surface area contributed by atoms with Gasteiger partial charge in [0.05, 0.1) is 16.8 Å². The van der Waals surface area contributed by atoms with Crippen LogP contribution in [0, 0.1) is 11.8 Å². The van der Waals surface area contributed by atoms with E-state index < -0.39 is 0 Å². The molecular weight excluding hydrogens is 525 g/mol. The van der Waals surface area contributed by atoms with Crippen molar-refractivity contribution in [2.24, 2.45) is 11.8 Å². The van der Waals surface area contributed by atoms with Gasteiger partial charge in [-0.05, 0) is 98.8 Å². The first-order chi connectivity index (χ1) is 17.8. The number of allylic oxidation sites excluding steroid dienone is 6. The minimum atomic E-state index is -0.0986. The topological polar surface area (TPSA) is 46.2 Å². The molecule has 0 spiro atoms. The van der Waals surface area contributed by atoms with Crippen LogP contribution in [0.5, 0.6) is 0 Å². The lowest BCUT2D eigenvalue weighted by Gasteiger charge is -2.20. The Morgan fingerprint density at radius 1 is 1.05 bits per heavy atom. The van der Waals surface area contributed by atoms with Crippen LogP contribution in [-0.2, 0) is 9.59 Å². The molecule has 1 fully saturated rings. The fraction of sp³-hybridized carbons (Fsp3) is 0.452. The standard InChI is InChI=1S/C31H34Cl3NO2/c1-20(27-15-13-25(32)19-29(27)34)35-30-17-12-22(11-16-28(30)33)21-6-3-2-4-7-23(9-5-8-21)31(37)24-10-14-26(36)18-24/h7,11-13,15-16,19-21,24,35H,2-6,8-10,14,18H2,1H3/b23-7-/t20-,21?,24-/m1/s1. The molecule has 196 valence electrons. The number of ketones is 2. The van der Waals surface area contributed by atoms with E-state index >= 15 is 0 Å². The van der Waals surface area contributed by atoms with Crippen molar-refractivity contribution in [1.29, 1.82) is 0 Å². The van der Waals surface area contributed by atoms with Crippen LogP contribution in [0.4, 0.5) is 0 Å². The van der Waals surface area contributed by atoms with Crippen LogP contribution in [0.2, 0.25) is 10.0 Å². The molecule has 3 aliphatic carbocycles. The number of carbonyl (C=O) groups excluding carboxylic acids is 2. The Morgan fingerprint density at radius 2 is 1.86 bits per heavy atom. The second-order valence-electron chi connectivity index (χ2n) is 10.3. The van der Waals surface area contributed by atoms with Crippen molar-refractivity contribution in [3.63, 3.8) is 0 Å². The van der Waals surface area contributed by atoms with Gasteiger partial charge in [0, 0.05) is 28.8 Å². The van der Waals surface area contributed by atoms with Crippen LogP contribution < -0.4 is 5.32 Å². The molecule has 6 heteroatoms. The average Bonchev–Trinajstić information content (AvgIpc) is 3.23. The normalized spacial score (nSPS) is 25.2. The minimum absolute atomic E-state index is 0.0732. The Bertz CT molecular complexity index is 1200. The molecule has 3 nitrogen and oxygen atoms in total. The summed E-state index contributed by atoms with van der Waals surface area (Å²) in [5.41, 5.74) is 7.21. The van der Waals surface area contributed by atoms with Crippen molar-refractivity contribution in [2.45, 2.75) is 77.2 Å². The zero-order valence-electron chi connectivity index (χ0n) is 21.3. The molecule has 0 saturated heterocycles. The van der Waals surface area contributed by atoms with E-state index in [0.717, 1.165) is 61.8 Å². The van der Waals surface area contributed by atoms with Gasteiger partial charge >= 0.3 is 0 Å². The third-order valence-electron chi connectivity index (χ3n) is 7.63. The smallest absolute Gasteiger partial charge is 0.162 e. The molecule has 0 aliphatic heterocycles. The van der Waals surface area contributed by atoms with Gasteiger partial charge in [0.25, 0.3) is 0 Å². The van der Waals surface area contributed by atoms with Crippen molar-refractivity contribution < 1.29 is 9.59 Å². The Balaban J connectivity index is 1.43. The van der Waals surface area contributed by atoms with E-state index in [1.54, 1.807) is 6.07 Å². The summed E-state index contributed by atoms with van der Waals surface area (Å²) in [6.07, 6.45) is 16.9. The molecule has 1 saturated carbocycles. The maximum atomic E-state index is 13.0. The third-order valence-corrected chi connectivity index (χ3v) is 8.51. The van der Waals surface area contributed by atoms with Gasteiger partial charge in [0.2, 0.25) is 0 Å². The van der Waals surface area contributed by atoms with Crippen LogP contribution >= 0.6 is 34.8 Å². The molecule has 3 aliphatic rings. The van der Waals surface area contributed by atoms with Crippen LogP contribution in [0.25, 0.3) is 0 Å². The minimum Gasteiger partial charge on any atom is -0.371 e. The van der Waals surface area contributed by atoms with Crippen molar-refractivity contribution in [3.05, 3.63) is 85.7 Å². The first kappa shape index (κ1) is 28.0. The number of carbonyl (C=O) groups is 2. The summed E-state index contributed by atoms with van der Waals surface area (Å²) >= 11 is 19.1. The van der Waals surface area contributed by atoms with E-state index in [1.807, 2.05) is 31.2 Å². The van der Waals surface area contributed by atoms with Gasteiger partial charge in [0.15, 0.2) is 5.78 Å². The summed E-state index contributed by atoms with van der Waals surface area (Å²) in [5, 5.41) is 5.26. The highest BCUT2D eigenvalue weighted by atomic mass is 35.5. The molecule has 1 unspecified atom stereocenters. The molecule has 1 aromatic rings. The number of nitrogens with one attached hydrogen (secondary N) is 1. The van der Waals surface area contributed by atoms with Gasteiger partial charge in [-0.1, -0.05) is 65.2 Å². The summed E-state index contributed by atoms with van der Waals surface area (Å²) in [6, 6.07) is 5.42. The van der Waals surface area contributed by atoms with Crippen LogP contribution in [-0.4, -0.2) is 11.6 Å². The highest BCUT2D eigenvalue weighted by Gasteiger charge is 2.30. The summed E-state index contributed by atoms with van der Waals surface area (Å²) in [5.74, 6) is 0.724. The van der Waals surface area contributed by atoms with Gasteiger partial charge in [-0.15, -0.1) is 0 Å². The van der Waals surface area contributed by atoms with Gasteiger partial charge in [-0.25, -0.2) is 0 Å². The lowest BCUT2D eigenvalue weighted by Crippen LogP contribution is -2.18. The molecule has 37 heavy (non-hydrogen) atoms. The molecule has 1 aromatic carbocycles. The van der Waals surface area contributed by atoms with Crippen molar-refractivity contribution in [1.82, 2.24) is 5.32 Å². The van der Waals surface area contributed by atoms with Gasteiger partial charge in [-0.3, -0.25) is 9.59 Å². The first-order valence-corrected chi connectivity index (χ1v) is 14.5. The number of hydrogen-bond donors (Lipinski definition) is 1. The van der Waals surface area contributed by atoms with E-state index in [9.17, 15) is 9.59 Å². The summed E-state index contributed by atoms with van der Waals surface area (Å²) < 4.78 is 0. The highest BCUT2D eigenvalue weighted by Crippen LogP contribution is 2.33. The fourth-order valence-electron chi connectivity index (χ4n) is 5.49. The van der Waals surface area contributed by atoms with Gasteiger partial charge in [-0.2, -0.15) is 0 Å². The molecule has 0 heterocycles. The zero-order valence-corrected chi connectivity index (χ0v) is 23.6. The zero-order chi connectivity index (χ0) is 26.4. The third kappa shape index (κ3) is 7.52. The lowest BCUT2D eigenvalue weighted by molar-refractivity contribution is -0.122.